The van der Waals surface area contributed by atoms with Crippen LogP contribution in [0.25, 0.3) is 0 Å². The first-order valence-electron chi connectivity index (χ1n) is 5.32. The minimum absolute atomic E-state index is 0.179. The van der Waals surface area contributed by atoms with E-state index in [2.05, 4.69) is 19.0 Å². The van der Waals surface area contributed by atoms with Gasteiger partial charge in [0.15, 0.2) is 0 Å². The lowest BCUT2D eigenvalue weighted by atomic mass is 10.0. The van der Waals surface area contributed by atoms with Crippen molar-refractivity contribution in [3.05, 3.63) is 29.8 Å². The van der Waals surface area contributed by atoms with Gasteiger partial charge in [-0.2, -0.15) is 0 Å². The van der Waals surface area contributed by atoms with E-state index in [1.165, 1.54) is 5.56 Å². The smallest absolute Gasteiger partial charge is 0.142 e. The molecule has 0 aliphatic heterocycles. The fraction of sp³-hybridized carbons (Fsp3) is 0.417. The van der Waals surface area contributed by atoms with Crippen LogP contribution in [0.1, 0.15) is 31.7 Å². The van der Waals surface area contributed by atoms with Crippen LogP contribution in [0.4, 0.5) is 0 Å². The highest BCUT2D eigenvalue weighted by Gasteiger charge is 2.00. The second kappa shape index (κ2) is 6.00. The zero-order chi connectivity index (χ0) is 12.0. The molecule has 1 aromatic rings. The third-order valence-corrected chi connectivity index (χ3v) is 2.30. The Morgan fingerprint density at radius 3 is 2.50 bits per heavy atom. The number of ether oxygens (including phenoxy) is 1. The molecule has 0 fully saturated rings. The summed E-state index contributed by atoms with van der Waals surface area (Å²) in [6, 6.07) is 7.95. The highest BCUT2D eigenvalue weighted by Crippen LogP contribution is 2.18. The summed E-state index contributed by atoms with van der Waals surface area (Å²) in [7, 11) is 0. The molecular weight excluding hydrogens is 204 g/mol. The first-order valence-corrected chi connectivity index (χ1v) is 5.32. The maximum atomic E-state index is 8.34. The number of benzene rings is 1. The quantitative estimate of drug-likeness (QED) is 0.348. The lowest BCUT2D eigenvalue weighted by Gasteiger charge is -2.08. The van der Waals surface area contributed by atoms with Crippen LogP contribution >= 0.6 is 0 Å². The van der Waals surface area contributed by atoms with E-state index in [0.717, 1.165) is 5.75 Å². The normalized spacial score (nSPS) is 11.8. The van der Waals surface area contributed by atoms with E-state index >= 15 is 0 Å². The van der Waals surface area contributed by atoms with Gasteiger partial charge in [-0.05, 0) is 23.6 Å². The van der Waals surface area contributed by atoms with E-state index in [1.54, 1.807) is 0 Å². The maximum Gasteiger partial charge on any atom is 0.142 e. The van der Waals surface area contributed by atoms with Crippen LogP contribution in [0, 0.1) is 0 Å². The molecule has 0 aromatic heterocycles. The van der Waals surface area contributed by atoms with Crippen molar-refractivity contribution in [1.82, 2.24) is 0 Å². The molecule has 1 rings (SSSR count). The highest BCUT2D eigenvalue weighted by molar-refractivity contribution is 5.79. The standard InChI is InChI=1S/C12H18N2O2/c1-9(2)10-3-5-11(6-4-10)16-8-7-12(13)14-15/h3-6,9,15H,7-8H2,1-2H3,(H2,13,14). The number of nitrogens with two attached hydrogens (primary N) is 1. The van der Waals surface area contributed by atoms with Gasteiger partial charge < -0.3 is 15.7 Å². The summed E-state index contributed by atoms with van der Waals surface area (Å²) in [5.41, 5.74) is 6.60. The maximum absolute atomic E-state index is 8.34. The van der Waals surface area contributed by atoms with Crippen molar-refractivity contribution in [2.24, 2.45) is 10.9 Å². The van der Waals surface area contributed by atoms with Crippen LogP contribution in [-0.2, 0) is 0 Å². The van der Waals surface area contributed by atoms with E-state index in [0.29, 0.717) is 18.9 Å². The first kappa shape index (κ1) is 12.4. The number of hydrogen-bond acceptors (Lipinski definition) is 3. The van der Waals surface area contributed by atoms with Crippen LogP contribution in [0.3, 0.4) is 0 Å². The Morgan fingerprint density at radius 1 is 1.38 bits per heavy atom. The van der Waals surface area contributed by atoms with Gasteiger partial charge in [0.2, 0.25) is 0 Å². The van der Waals surface area contributed by atoms with Crippen LogP contribution in [0.2, 0.25) is 0 Å². The van der Waals surface area contributed by atoms with Gasteiger partial charge in [0.25, 0.3) is 0 Å². The van der Waals surface area contributed by atoms with Gasteiger partial charge in [-0.1, -0.05) is 31.1 Å². The van der Waals surface area contributed by atoms with Crippen LogP contribution in [-0.4, -0.2) is 17.6 Å². The second-order valence-corrected chi connectivity index (χ2v) is 3.91. The van der Waals surface area contributed by atoms with Crippen molar-refractivity contribution < 1.29 is 9.94 Å². The molecule has 0 aliphatic carbocycles. The molecule has 0 spiro atoms. The third-order valence-electron chi connectivity index (χ3n) is 2.30. The molecule has 0 amide bonds. The molecule has 88 valence electrons. The molecule has 1 aromatic carbocycles. The van der Waals surface area contributed by atoms with Crippen LogP contribution in [0.5, 0.6) is 5.75 Å². The summed E-state index contributed by atoms with van der Waals surface area (Å²) in [6.07, 6.45) is 0.419. The van der Waals surface area contributed by atoms with Gasteiger partial charge in [0, 0.05) is 6.42 Å². The van der Waals surface area contributed by atoms with E-state index in [1.807, 2.05) is 24.3 Å². The summed E-state index contributed by atoms with van der Waals surface area (Å²) < 4.78 is 5.44. The molecular formula is C12H18N2O2. The number of oxime groups is 1. The average molecular weight is 222 g/mol. The highest BCUT2D eigenvalue weighted by atomic mass is 16.5. The van der Waals surface area contributed by atoms with Crippen molar-refractivity contribution in [2.75, 3.05) is 6.61 Å². The minimum atomic E-state index is 0.179. The lowest BCUT2D eigenvalue weighted by molar-refractivity contribution is 0.305. The van der Waals surface area contributed by atoms with Gasteiger partial charge in [-0.25, -0.2) is 0 Å². The van der Waals surface area contributed by atoms with Crippen LogP contribution < -0.4 is 10.5 Å². The zero-order valence-corrected chi connectivity index (χ0v) is 9.68. The van der Waals surface area contributed by atoms with E-state index in [-0.39, 0.29) is 5.84 Å². The zero-order valence-electron chi connectivity index (χ0n) is 9.68. The van der Waals surface area contributed by atoms with Crippen molar-refractivity contribution in [2.45, 2.75) is 26.2 Å². The molecule has 0 unspecified atom stereocenters. The van der Waals surface area contributed by atoms with E-state index < -0.39 is 0 Å². The largest absolute Gasteiger partial charge is 0.493 e. The molecule has 16 heavy (non-hydrogen) atoms. The van der Waals surface area contributed by atoms with E-state index in [9.17, 15) is 0 Å². The second-order valence-electron chi connectivity index (χ2n) is 3.91. The fourth-order valence-electron chi connectivity index (χ4n) is 1.27. The first-order chi connectivity index (χ1) is 7.63. The number of amidine groups is 1. The van der Waals surface area contributed by atoms with Crippen molar-refractivity contribution in [1.29, 1.82) is 0 Å². The molecule has 0 saturated carbocycles. The molecule has 0 saturated heterocycles. The molecule has 0 atom stereocenters. The summed E-state index contributed by atoms with van der Waals surface area (Å²) in [6.45, 7) is 4.71. The minimum Gasteiger partial charge on any atom is -0.493 e. The number of nitrogens with zero attached hydrogens (tertiary/aromatic N) is 1. The topological polar surface area (TPSA) is 67.8 Å². The number of hydrogen-bond donors (Lipinski definition) is 2. The van der Waals surface area contributed by atoms with Gasteiger partial charge >= 0.3 is 0 Å². The predicted molar refractivity (Wildman–Crippen MR) is 64.1 cm³/mol. The fourth-order valence-corrected chi connectivity index (χ4v) is 1.27. The molecule has 4 heteroatoms. The van der Waals surface area contributed by atoms with Crippen molar-refractivity contribution in [3.8, 4) is 5.75 Å². The van der Waals surface area contributed by atoms with Gasteiger partial charge in [0.1, 0.15) is 11.6 Å². The molecule has 0 aliphatic rings. The number of rotatable bonds is 5. The Hall–Kier alpha value is -1.71. The van der Waals surface area contributed by atoms with Crippen molar-refractivity contribution >= 4 is 5.84 Å². The van der Waals surface area contributed by atoms with Gasteiger partial charge in [-0.3, -0.25) is 0 Å². The summed E-state index contributed by atoms with van der Waals surface area (Å²) >= 11 is 0. The van der Waals surface area contributed by atoms with Gasteiger partial charge in [0.05, 0.1) is 6.61 Å². The van der Waals surface area contributed by atoms with Crippen molar-refractivity contribution in [3.63, 3.8) is 0 Å². The molecule has 4 nitrogen and oxygen atoms in total. The Morgan fingerprint density at radius 2 is 2.00 bits per heavy atom. The summed E-state index contributed by atoms with van der Waals surface area (Å²) in [4.78, 5) is 0. The molecule has 0 heterocycles. The Balaban J connectivity index is 2.43. The Kier molecular flexibility index (Phi) is 4.64. The third kappa shape index (κ3) is 3.81. The molecule has 0 bridgehead atoms. The molecule has 3 N–H and O–H groups in total. The summed E-state index contributed by atoms with van der Waals surface area (Å²) in [5.74, 6) is 1.50. The molecule has 0 radical (unpaired) electrons. The average Bonchev–Trinajstić information content (AvgIpc) is 2.29. The van der Waals surface area contributed by atoms with Gasteiger partial charge in [-0.15, -0.1) is 0 Å². The van der Waals surface area contributed by atoms with Crippen LogP contribution in [0.15, 0.2) is 29.4 Å². The SMILES string of the molecule is CC(C)c1ccc(OCC/C(N)=N/O)cc1. The Bertz CT molecular complexity index is 345. The summed E-state index contributed by atoms with van der Waals surface area (Å²) in [5, 5.41) is 11.2. The Labute approximate surface area is 95.7 Å². The lowest BCUT2D eigenvalue weighted by Crippen LogP contribution is -2.15. The van der Waals surface area contributed by atoms with E-state index in [4.69, 9.17) is 15.7 Å². The predicted octanol–water partition coefficient (Wildman–Crippen LogP) is 2.33. The monoisotopic (exact) mass is 222 g/mol.